The molecule has 2 atom stereocenters. The molecule has 1 saturated heterocycles. The van der Waals surface area contributed by atoms with Gasteiger partial charge in [-0.2, -0.15) is 0 Å². The minimum absolute atomic E-state index is 0.0225. The molecule has 0 spiro atoms. The highest BCUT2D eigenvalue weighted by Crippen LogP contribution is 2.32. The molecule has 4 rings (SSSR count). The molecule has 2 aromatic carbocycles. The molecule has 0 saturated carbocycles. The molecule has 8 heteroatoms. The van der Waals surface area contributed by atoms with Gasteiger partial charge in [0.25, 0.3) is 0 Å². The Morgan fingerprint density at radius 3 is 2.87 bits per heavy atom. The van der Waals surface area contributed by atoms with E-state index in [9.17, 15) is 13.2 Å². The van der Waals surface area contributed by atoms with Gasteiger partial charge in [0, 0.05) is 24.7 Å². The molecular formula is C23H29N3O4S. The van der Waals surface area contributed by atoms with Crippen molar-refractivity contribution in [2.75, 3.05) is 25.4 Å². The number of sulfonamides is 1. The van der Waals surface area contributed by atoms with Crippen molar-refractivity contribution in [3.05, 3.63) is 54.1 Å². The lowest BCUT2D eigenvalue weighted by molar-refractivity contribution is 0.188. The monoisotopic (exact) mass is 443 g/mol. The van der Waals surface area contributed by atoms with Gasteiger partial charge in [0.1, 0.15) is 5.75 Å². The quantitative estimate of drug-likeness (QED) is 0.764. The van der Waals surface area contributed by atoms with Crippen LogP contribution in [0.15, 0.2) is 48.5 Å². The lowest BCUT2D eigenvalue weighted by Gasteiger charge is -2.29. The van der Waals surface area contributed by atoms with E-state index in [0.717, 1.165) is 22.4 Å². The average Bonchev–Trinajstić information content (AvgIpc) is 3.15. The van der Waals surface area contributed by atoms with Crippen LogP contribution in [-0.2, 0) is 16.4 Å². The highest BCUT2D eigenvalue weighted by atomic mass is 32.2. The number of carbonyl (C=O) groups is 1. The molecule has 2 unspecified atom stereocenters. The number of ether oxygens (including phenoxy) is 1. The maximum Gasteiger partial charge on any atom is 0.317 e. The fraction of sp³-hybridized carbons (Fsp3) is 0.435. The first kappa shape index (κ1) is 21.6. The Bertz CT molecular complexity index is 1040. The number of amides is 2. The molecule has 2 aromatic rings. The predicted molar refractivity (Wildman–Crippen MR) is 121 cm³/mol. The number of hydrogen-bond acceptors (Lipinski definition) is 4. The van der Waals surface area contributed by atoms with E-state index >= 15 is 0 Å². The van der Waals surface area contributed by atoms with Crippen LogP contribution in [0.25, 0.3) is 11.1 Å². The molecule has 0 aliphatic carbocycles. The highest BCUT2D eigenvalue weighted by Gasteiger charge is 2.38. The van der Waals surface area contributed by atoms with Gasteiger partial charge in [-0.1, -0.05) is 42.5 Å². The molecular weight excluding hydrogens is 414 g/mol. The van der Waals surface area contributed by atoms with Crippen molar-refractivity contribution in [1.82, 2.24) is 14.9 Å². The Labute approximate surface area is 183 Å². The number of rotatable bonds is 3. The van der Waals surface area contributed by atoms with Crippen LogP contribution < -0.4 is 14.8 Å². The first-order chi connectivity index (χ1) is 15.0. The number of nitrogens with one attached hydrogen (secondary N) is 2. The van der Waals surface area contributed by atoms with E-state index in [0.29, 0.717) is 39.0 Å². The van der Waals surface area contributed by atoms with Gasteiger partial charge in [-0.15, -0.1) is 0 Å². The van der Waals surface area contributed by atoms with E-state index in [2.05, 4.69) is 16.1 Å². The number of nitrogens with zero attached hydrogens (tertiary/aromatic N) is 1. The van der Waals surface area contributed by atoms with Crippen LogP contribution >= 0.6 is 0 Å². The fourth-order valence-electron chi connectivity index (χ4n) is 4.30. The number of carbonyl (C=O) groups excluding carboxylic acids is 1. The van der Waals surface area contributed by atoms with Crippen LogP contribution in [0.4, 0.5) is 4.79 Å². The molecule has 2 aliphatic rings. The molecule has 7 nitrogen and oxygen atoms in total. The van der Waals surface area contributed by atoms with Gasteiger partial charge in [0.2, 0.25) is 10.0 Å². The zero-order valence-electron chi connectivity index (χ0n) is 17.7. The Morgan fingerprint density at radius 2 is 2.03 bits per heavy atom. The third kappa shape index (κ3) is 5.02. The van der Waals surface area contributed by atoms with Gasteiger partial charge in [0.05, 0.1) is 18.4 Å². The van der Waals surface area contributed by atoms with Crippen LogP contribution in [-0.4, -0.2) is 56.9 Å². The van der Waals surface area contributed by atoms with Crippen molar-refractivity contribution in [2.24, 2.45) is 0 Å². The number of benzene rings is 2. The van der Waals surface area contributed by atoms with E-state index in [1.807, 2.05) is 42.5 Å². The maximum absolute atomic E-state index is 12.9. The summed E-state index contributed by atoms with van der Waals surface area (Å²) < 4.78 is 33.3. The number of fused-ring (bicyclic) bond motifs is 5. The third-order valence-electron chi connectivity index (χ3n) is 5.94. The highest BCUT2D eigenvalue weighted by molar-refractivity contribution is 7.89. The summed E-state index contributed by atoms with van der Waals surface area (Å²) in [5.74, 6) is 0.841. The third-order valence-corrected chi connectivity index (χ3v) is 7.36. The van der Waals surface area contributed by atoms with E-state index in [1.165, 1.54) is 0 Å². The van der Waals surface area contributed by atoms with E-state index in [1.54, 1.807) is 11.8 Å². The van der Waals surface area contributed by atoms with Gasteiger partial charge in [-0.25, -0.2) is 17.9 Å². The second kappa shape index (κ2) is 9.28. The summed E-state index contributed by atoms with van der Waals surface area (Å²) in [5, 5.41) is 2.97. The lowest BCUT2D eigenvalue weighted by atomic mass is 9.96. The van der Waals surface area contributed by atoms with Crippen molar-refractivity contribution in [3.8, 4) is 16.9 Å². The van der Waals surface area contributed by atoms with Gasteiger partial charge >= 0.3 is 6.03 Å². The number of hydrogen-bond donors (Lipinski definition) is 2. The molecule has 2 heterocycles. The molecule has 0 aromatic heterocycles. The number of para-hydroxylation sites is 1. The van der Waals surface area contributed by atoms with Crippen molar-refractivity contribution in [2.45, 2.75) is 38.3 Å². The molecule has 2 bridgehead atoms. The lowest BCUT2D eigenvalue weighted by Crippen LogP contribution is -2.50. The Kier molecular flexibility index (Phi) is 6.48. The SMILES string of the molecule is CCS(=O)(=O)NC1CCN2C(=O)NCCCOc3ccccc3-c3cccc(c3)CC12. The summed E-state index contributed by atoms with van der Waals surface area (Å²) in [5.41, 5.74) is 3.12. The Balaban J connectivity index is 1.70. The minimum atomic E-state index is -3.37. The summed E-state index contributed by atoms with van der Waals surface area (Å²) in [6.45, 7) is 3.14. The van der Waals surface area contributed by atoms with Crippen molar-refractivity contribution >= 4 is 16.1 Å². The molecule has 1 fully saturated rings. The number of urea groups is 1. The summed E-state index contributed by atoms with van der Waals surface area (Å²) in [7, 11) is -3.37. The van der Waals surface area contributed by atoms with Crippen molar-refractivity contribution < 1.29 is 17.9 Å². The summed E-state index contributed by atoms with van der Waals surface area (Å²) >= 11 is 0. The second-order valence-corrected chi connectivity index (χ2v) is 10.1. The van der Waals surface area contributed by atoms with E-state index < -0.39 is 10.0 Å². The Hall–Kier alpha value is -2.58. The smallest absolute Gasteiger partial charge is 0.317 e. The van der Waals surface area contributed by atoms with E-state index in [-0.39, 0.29) is 23.9 Å². The predicted octanol–water partition coefficient (Wildman–Crippen LogP) is 2.77. The van der Waals surface area contributed by atoms with E-state index in [4.69, 9.17) is 4.74 Å². The van der Waals surface area contributed by atoms with Gasteiger partial charge < -0.3 is 15.0 Å². The van der Waals surface area contributed by atoms with Crippen LogP contribution in [0.2, 0.25) is 0 Å². The molecule has 2 N–H and O–H groups in total. The molecule has 0 radical (unpaired) electrons. The summed E-state index contributed by atoms with van der Waals surface area (Å²) in [6.07, 6.45) is 1.86. The molecule has 31 heavy (non-hydrogen) atoms. The summed E-state index contributed by atoms with van der Waals surface area (Å²) in [4.78, 5) is 14.6. The maximum atomic E-state index is 12.9. The fourth-order valence-corrected chi connectivity index (χ4v) is 5.20. The normalized spacial score (nSPS) is 22.0. The topological polar surface area (TPSA) is 87.7 Å². The molecule has 2 aliphatic heterocycles. The zero-order valence-corrected chi connectivity index (χ0v) is 18.5. The zero-order chi connectivity index (χ0) is 21.8. The molecule has 166 valence electrons. The summed E-state index contributed by atoms with van der Waals surface area (Å²) in [6, 6.07) is 15.4. The largest absolute Gasteiger partial charge is 0.493 e. The minimum Gasteiger partial charge on any atom is -0.493 e. The van der Waals surface area contributed by atoms with Crippen molar-refractivity contribution in [3.63, 3.8) is 0 Å². The second-order valence-electron chi connectivity index (χ2n) is 8.01. The first-order valence-electron chi connectivity index (χ1n) is 10.8. The standard InChI is InChI=1S/C23H29N3O4S/c1-2-31(28,29)25-20-11-13-26-21(20)16-17-7-5-8-18(15-17)19-9-3-4-10-22(19)30-14-6-12-24-23(26)27/h3-5,7-10,15,20-21,25H,2,6,11-14,16H2,1H3,(H,24,27). The Morgan fingerprint density at radius 1 is 1.19 bits per heavy atom. The van der Waals surface area contributed by atoms with Gasteiger partial charge in [0.15, 0.2) is 0 Å². The van der Waals surface area contributed by atoms with Crippen molar-refractivity contribution in [1.29, 1.82) is 0 Å². The first-order valence-corrected chi connectivity index (χ1v) is 12.5. The van der Waals surface area contributed by atoms with Crippen LogP contribution in [0.5, 0.6) is 5.75 Å². The van der Waals surface area contributed by atoms with Crippen LogP contribution in [0.1, 0.15) is 25.3 Å². The molecule has 2 amide bonds. The van der Waals surface area contributed by atoms with Gasteiger partial charge in [-0.3, -0.25) is 0 Å². The van der Waals surface area contributed by atoms with Crippen LogP contribution in [0.3, 0.4) is 0 Å². The van der Waals surface area contributed by atoms with Gasteiger partial charge in [-0.05, 0) is 43.4 Å². The average molecular weight is 444 g/mol. The van der Waals surface area contributed by atoms with Crippen LogP contribution in [0, 0.1) is 0 Å².